The van der Waals surface area contributed by atoms with Crippen molar-refractivity contribution in [3.05, 3.63) is 0 Å². The minimum absolute atomic E-state index is 0.0903. The Labute approximate surface area is 153 Å². The van der Waals surface area contributed by atoms with Crippen LogP contribution in [0.3, 0.4) is 0 Å². The number of piperidine rings is 2. The molecule has 0 aromatic rings. The van der Waals surface area contributed by atoms with Gasteiger partial charge in [0.1, 0.15) is 0 Å². The fourth-order valence-corrected chi connectivity index (χ4v) is 4.11. The van der Waals surface area contributed by atoms with Gasteiger partial charge in [0.25, 0.3) is 0 Å². The van der Waals surface area contributed by atoms with Gasteiger partial charge in [0.15, 0.2) is 0 Å². The third-order valence-corrected chi connectivity index (χ3v) is 5.98. The fraction of sp³-hybridized carbons (Fsp3) is 0.900. The number of likely N-dealkylation sites (tertiary alicyclic amines) is 1. The van der Waals surface area contributed by atoms with Crippen molar-refractivity contribution in [3.8, 4) is 0 Å². The van der Waals surface area contributed by atoms with Gasteiger partial charge in [-0.25, -0.2) is 0 Å². The molecule has 2 aliphatic rings. The van der Waals surface area contributed by atoms with E-state index in [1.54, 1.807) is 0 Å². The lowest BCUT2D eigenvalue weighted by atomic mass is 9.83. The first-order valence-electron chi connectivity index (χ1n) is 10.4. The number of rotatable bonds is 8. The smallest absolute Gasteiger partial charge is 0.223 e. The normalized spacial score (nSPS) is 21.1. The number of unbranched alkanes of at least 4 members (excludes halogenated alkanes) is 2. The van der Waals surface area contributed by atoms with Crippen LogP contribution in [-0.4, -0.2) is 49.4 Å². The summed E-state index contributed by atoms with van der Waals surface area (Å²) in [5.41, 5.74) is 0. The molecule has 5 nitrogen and oxygen atoms in total. The lowest BCUT2D eigenvalue weighted by Gasteiger charge is -2.34. The number of carbonyl (C=O) groups is 2. The Morgan fingerprint density at radius 2 is 1.80 bits per heavy atom. The Morgan fingerprint density at radius 1 is 1.12 bits per heavy atom. The van der Waals surface area contributed by atoms with Crippen LogP contribution in [-0.2, 0) is 9.59 Å². The number of hydrogen-bond acceptors (Lipinski definition) is 3. The molecule has 1 unspecified atom stereocenters. The van der Waals surface area contributed by atoms with E-state index in [-0.39, 0.29) is 17.7 Å². The van der Waals surface area contributed by atoms with Gasteiger partial charge in [-0.15, -0.1) is 0 Å². The molecule has 2 fully saturated rings. The number of nitrogens with one attached hydrogen (secondary N) is 2. The van der Waals surface area contributed by atoms with Crippen LogP contribution in [0.15, 0.2) is 0 Å². The van der Waals surface area contributed by atoms with Gasteiger partial charge >= 0.3 is 0 Å². The zero-order chi connectivity index (χ0) is 18.1. The first kappa shape index (κ1) is 20.2. The van der Waals surface area contributed by atoms with Crippen LogP contribution in [0.25, 0.3) is 0 Å². The largest absolute Gasteiger partial charge is 0.356 e. The fourth-order valence-electron chi connectivity index (χ4n) is 4.11. The van der Waals surface area contributed by atoms with Gasteiger partial charge in [-0.05, 0) is 57.0 Å². The number of nitrogens with zero attached hydrogens (tertiary/aromatic N) is 1. The zero-order valence-corrected chi connectivity index (χ0v) is 16.2. The number of hydrogen-bond donors (Lipinski definition) is 2. The molecule has 2 rings (SSSR count). The summed E-state index contributed by atoms with van der Waals surface area (Å²) in [6.45, 7) is 8.84. The Morgan fingerprint density at radius 3 is 2.44 bits per heavy atom. The average Bonchev–Trinajstić information content (AvgIpc) is 2.66. The van der Waals surface area contributed by atoms with E-state index in [4.69, 9.17) is 0 Å². The Bertz CT molecular complexity index is 413. The van der Waals surface area contributed by atoms with E-state index in [1.165, 1.54) is 25.7 Å². The third-order valence-electron chi connectivity index (χ3n) is 5.98. The van der Waals surface area contributed by atoms with Gasteiger partial charge in [-0.3, -0.25) is 9.59 Å². The van der Waals surface area contributed by atoms with Crippen LogP contribution >= 0.6 is 0 Å². The predicted octanol–water partition coefficient (Wildman–Crippen LogP) is 2.56. The van der Waals surface area contributed by atoms with Gasteiger partial charge < -0.3 is 15.5 Å². The highest BCUT2D eigenvalue weighted by molar-refractivity contribution is 5.80. The standard InChI is InChI=1S/C20H37N3O2/c1-3-4-5-10-22-20(25)18-8-13-23(14-9-18)19(24)15-16(2)17-6-11-21-12-7-17/h16-18,21H,3-15H2,1-2H3,(H,22,25). The van der Waals surface area contributed by atoms with Crippen LogP contribution in [0.5, 0.6) is 0 Å². The Hall–Kier alpha value is -1.10. The molecule has 2 saturated heterocycles. The molecule has 144 valence electrons. The molecule has 0 radical (unpaired) electrons. The molecule has 5 heteroatoms. The zero-order valence-electron chi connectivity index (χ0n) is 16.2. The highest BCUT2D eigenvalue weighted by Gasteiger charge is 2.29. The maximum absolute atomic E-state index is 12.6. The van der Waals surface area contributed by atoms with Gasteiger partial charge in [0.2, 0.25) is 11.8 Å². The molecule has 0 aromatic heterocycles. The minimum Gasteiger partial charge on any atom is -0.356 e. The molecule has 0 aromatic carbocycles. The van der Waals surface area contributed by atoms with Crippen LogP contribution in [0, 0.1) is 17.8 Å². The van der Waals surface area contributed by atoms with E-state index in [9.17, 15) is 9.59 Å². The summed E-state index contributed by atoms with van der Waals surface area (Å²) in [6, 6.07) is 0. The van der Waals surface area contributed by atoms with Crippen LogP contribution in [0.2, 0.25) is 0 Å². The summed E-state index contributed by atoms with van der Waals surface area (Å²) in [7, 11) is 0. The van der Waals surface area contributed by atoms with Crippen molar-refractivity contribution in [3.63, 3.8) is 0 Å². The van der Waals surface area contributed by atoms with Gasteiger partial charge in [-0.1, -0.05) is 26.7 Å². The van der Waals surface area contributed by atoms with Crippen molar-refractivity contribution in [2.45, 2.75) is 65.2 Å². The highest BCUT2D eigenvalue weighted by atomic mass is 16.2. The Balaban J connectivity index is 1.66. The first-order valence-corrected chi connectivity index (χ1v) is 10.4. The van der Waals surface area contributed by atoms with E-state index in [0.717, 1.165) is 52.0 Å². The van der Waals surface area contributed by atoms with Crippen molar-refractivity contribution in [2.75, 3.05) is 32.7 Å². The molecule has 0 aliphatic carbocycles. The second-order valence-corrected chi connectivity index (χ2v) is 7.92. The second-order valence-electron chi connectivity index (χ2n) is 7.92. The summed E-state index contributed by atoms with van der Waals surface area (Å²) in [5, 5.41) is 6.45. The molecule has 0 saturated carbocycles. The molecule has 0 spiro atoms. The van der Waals surface area contributed by atoms with Crippen molar-refractivity contribution < 1.29 is 9.59 Å². The topological polar surface area (TPSA) is 61.4 Å². The molecule has 2 aliphatic heterocycles. The van der Waals surface area contributed by atoms with Crippen molar-refractivity contribution >= 4 is 11.8 Å². The van der Waals surface area contributed by atoms with Crippen LogP contribution in [0.1, 0.15) is 65.2 Å². The maximum atomic E-state index is 12.6. The summed E-state index contributed by atoms with van der Waals surface area (Å²) in [4.78, 5) is 26.8. The molecule has 1 atom stereocenters. The van der Waals surface area contributed by atoms with Crippen LogP contribution in [0.4, 0.5) is 0 Å². The predicted molar refractivity (Wildman–Crippen MR) is 101 cm³/mol. The van der Waals surface area contributed by atoms with Gasteiger partial charge in [0, 0.05) is 32.0 Å². The third kappa shape index (κ3) is 6.61. The van der Waals surface area contributed by atoms with E-state index >= 15 is 0 Å². The molecule has 0 bridgehead atoms. The number of amides is 2. The lowest BCUT2D eigenvalue weighted by molar-refractivity contribution is -0.136. The van der Waals surface area contributed by atoms with E-state index in [0.29, 0.717) is 18.3 Å². The van der Waals surface area contributed by atoms with Crippen molar-refractivity contribution in [1.82, 2.24) is 15.5 Å². The van der Waals surface area contributed by atoms with E-state index < -0.39 is 0 Å². The van der Waals surface area contributed by atoms with Crippen molar-refractivity contribution in [2.24, 2.45) is 17.8 Å². The molecule has 2 amide bonds. The van der Waals surface area contributed by atoms with Crippen molar-refractivity contribution in [1.29, 1.82) is 0 Å². The summed E-state index contributed by atoms with van der Waals surface area (Å²) < 4.78 is 0. The quantitative estimate of drug-likeness (QED) is 0.661. The summed E-state index contributed by atoms with van der Waals surface area (Å²) >= 11 is 0. The monoisotopic (exact) mass is 351 g/mol. The van der Waals surface area contributed by atoms with Gasteiger partial charge in [0.05, 0.1) is 0 Å². The second kappa shape index (κ2) is 10.8. The van der Waals surface area contributed by atoms with Gasteiger partial charge in [-0.2, -0.15) is 0 Å². The highest BCUT2D eigenvalue weighted by Crippen LogP contribution is 2.26. The molecule has 25 heavy (non-hydrogen) atoms. The first-order chi connectivity index (χ1) is 12.1. The SMILES string of the molecule is CCCCCNC(=O)C1CCN(C(=O)CC(C)C2CCNCC2)CC1. The van der Waals surface area contributed by atoms with E-state index in [1.807, 2.05) is 4.90 Å². The summed E-state index contributed by atoms with van der Waals surface area (Å²) in [5.74, 6) is 1.71. The lowest BCUT2D eigenvalue weighted by Crippen LogP contribution is -2.44. The van der Waals surface area contributed by atoms with E-state index in [2.05, 4.69) is 24.5 Å². The molecule has 2 N–H and O–H groups in total. The minimum atomic E-state index is 0.0903. The summed E-state index contributed by atoms with van der Waals surface area (Å²) in [6.07, 6.45) is 8.07. The average molecular weight is 352 g/mol. The molecular weight excluding hydrogens is 314 g/mol. The van der Waals surface area contributed by atoms with Crippen LogP contribution < -0.4 is 10.6 Å². The molecule has 2 heterocycles. The molecular formula is C20H37N3O2. The number of carbonyl (C=O) groups excluding carboxylic acids is 2. The Kier molecular flexibility index (Phi) is 8.73. The maximum Gasteiger partial charge on any atom is 0.223 e.